The summed E-state index contributed by atoms with van der Waals surface area (Å²) >= 11 is 0. The molecule has 1 aromatic heterocycles. The number of nitrogens with zero attached hydrogens (tertiary/aromatic N) is 5. The summed E-state index contributed by atoms with van der Waals surface area (Å²) in [7, 11) is 0. The SMILES string of the molecule is NC(=O)c1c(-c2ccc(Oc3ccccc3)cc2)nn2c1NCC[C@H]2C1CCN(C(=O)CCN2CC3(CCC(NC(=O)c4cccc(N5CCC(=O)NC5=O)c4)CC3)C2)CC1. The Bertz CT molecular complexity index is 2290. The van der Waals surface area contributed by atoms with Crippen LogP contribution in [0.2, 0.25) is 0 Å². The molecular formula is C46H53N9O6. The Labute approximate surface area is 354 Å². The number of primary amides is 1. The number of nitrogens with two attached hydrogens (primary N) is 1. The normalized spacial score (nSPS) is 20.6. The van der Waals surface area contributed by atoms with Gasteiger partial charge in [0, 0.05) is 81.5 Å². The van der Waals surface area contributed by atoms with Gasteiger partial charge in [0.05, 0.1) is 6.04 Å². The smallest absolute Gasteiger partial charge is 0.328 e. The minimum Gasteiger partial charge on any atom is -0.457 e. The summed E-state index contributed by atoms with van der Waals surface area (Å²) in [6.07, 6.45) is 7.22. The van der Waals surface area contributed by atoms with E-state index in [1.54, 1.807) is 24.3 Å². The molecule has 5 aliphatic rings. The zero-order valence-electron chi connectivity index (χ0n) is 34.3. The van der Waals surface area contributed by atoms with E-state index in [1.807, 2.05) is 64.2 Å². The summed E-state index contributed by atoms with van der Waals surface area (Å²) in [4.78, 5) is 69.2. The third kappa shape index (κ3) is 8.56. The number of hydrogen-bond acceptors (Lipinski definition) is 9. The Kier molecular flexibility index (Phi) is 11.2. The van der Waals surface area contributed by atoms with Crippen molar-refractivity contribution < 1.29 is 28.7 Å². The van der Waals surface area contributed by atoms with Crippen LogP contribution >= 0.6 is 0 Å². The number of ether oxygens (including phenoxy) is 1. The van der Waals surface area contributed by atoms with Crippen molar-refractivity contribution in [2.75, 3.05) is 56.0 Å². The summed E-state index contributed by atoms with van der Waals surface area (Å²) in [6, 6.07) is 23.8. The molecule has 4 aromatic rings. The number of amides is 6. The Balaban J connectivity index is 0.724. The van der Waals surface area contributed by atoms with Gasteiger partial charge >= 0.3 is 6.03 Å². The predicted octanol–water partition coefficient (Wildman–Crippen LogP) is 5.55. The number of likely N-dealkylation sites (tertiary alicyclic amines) is 2. The van der Waals surface area contributed by atoms with Crippen molar-refractivity contribution in [3.8, 4) is 22.8 Å². The summed E-state index contributed by atoms with van der Waals surface area (Å²) in [5, 5.41) is 13.9. The number of benzene rings is 3. The highest BCUT2D eigenvalue weighted by atomic mass is 16.5. The Morgan fingerprint density at radius 2 is 1.61 bits per heavy atom. The first kappa shape index (κ1) is 40.2. The minimum absolute atomic E-state index is 0.0894. The van der Waals surface area contributed by atoms with Crippen LogP contribution in [0.1, 0.15) is 84.5 Å². The molecule has 6 amide bonds. The molecule has 0 radical (unpaired) electrons. The zero-order valence-corrected chi connectivity index (χ0v) is 34.3. The fourth-order valence-corrected chi connectivity index (χ4v) is 10.1. The second kappa shape index (κ2) is 17.0. The minimum atomic E-state index is -0.522. The molecule has 5 N–H and O–H groups in total. The van der Waals surface area contributed by atoms with E-state index in [9.17, 15) is 24.0 Å². The molecule has 1 aliphatic carbocycles. The molecule has 0 bridgehead atoms. The van der Waals surface area contributed by atoms with Gasteiger partial charge in [-0.05, 0) is 111 Å². The molecule has 318 valence electrons. The number of imide groups is 1. The summed E-state index contributed by atoms with van der Waals surface area (Å²) in [6.45, 7) is 5.13. The van der Waals surface area contributed by atoms with Crippen LogP contribution in [0.5, 0.6) is 11.5 Å². The number of para-hydroxylation sites is 1. The molecule has 4 fully saturated rings. The molecule has 15 heteroatoms. The van der Waals surface area contributed by atoms with Gasteiger partial charge in [0.2, 0.25) is 11.8 Å². The summed E-state index contributed by atoms with van der Waals surface area (Å²) < 4.78 is 7.94. The van der Waals surface area contributed by atoms with Crippen LogP contribution in [0, 0.1) is 11.3 Å². The van der Waals surface area contributed by atoms with Crippen LogP contribution in [-0.2, 0) is 9.59 Å². The van der Waals surface area contributed by atoms with E-state index in [0.29, 0.717) is 66.0 Å². The van der Waals surface area contributed by atoms with Crippen molar-refractivity contribution in [2.24, 2.45) is 17.1 Å². The Hall–Kier alpha value is -6.22. The van der Waals surface area contributed by atoms with Gasteiger partial charge in [0.1, 0.15) is 28.6 Å². The van der Waals surface area contributed by atoms with Gasteiger partial charge in [-0.2, -0.15) is 5.10 Å². The average Bonchev–Trinajstić information content (AvgIpc) is 3.67. The standard InChI is InChI=1S/C46H53N9O6/c47-42(58)40-41(31-9-11-36(12-10-31)61-35-7-2-1-3-8-35)51-55-37(15-22-48-43(40)55)30-16-24-53(25-17-30)39(57)19-23-52-28-46(29-52)20-13-33(14-21-46)49-44(59)32-5-4-6-34(27-32)54-26-18-38(56)50-45(54)60/h1-12,27,30,33,37,48H,13-26,28-29H2,(H2,47,58)(H,49,59)(H,50,56,60)/t37-/m0/s1. The second-order valence-electron chi connectivity index (χ2n) is 17.3. The summed E-state index contributed by atoms with van der Waals surface area (Å²) in [5.41, 5.74) is 9.03. The first-order chi connectivity index (χ1) is 29.6. The van der Waals surface area contributed by atoms with E-state index in [4.69, 9.17) is 15.6 Å². The van der Waals surface area contributed by atoms with Gasteiger partial charge in [-0.1, -0.05) is 24.3 Å². The van der Waals surface area contributed by atoms with Crippen molar-refractivity contribution in [2.45, 2.75) is 69.9 Å². The first-order valence-corrected chi connectivity index (χ1v) is 21.6. The molecular weight excluding hydrogens is 775 g/mol. The lowest BCUT2D eigenvalue weighted by Crippen LogP contribution is -2.59. The van der Waals surface area contributed by atoms with Gasteiger partial charge in [0.25, 0.3) is 11.8 Å². The molecule has 0 unspecified atom stereocenters. The maximum Gasteiger partial charge on any atom is 0.328 e. The van der Waals surface area contributed by atoms with Crippen molar-refractivity contribution in [3.05, 3.63) is 90.0 Å². The molecule has 3 aromatic carbocycles. The lowest BCUT2D eigenvalue weighted by atomic mass is 9.67. The fourth-order valence-electron chi connectivity index (χ4n) is 10.1. The average molecular weight is 828 g/mol. The van der Waals surface area contributed by atoms with Gasteiger partial charge in [0.15, 0.2) is 0 Å². The van der Waals surface area contributed by atoms with Crippen LogP contribution in [-0.4, -0.2) is 101 Å². The third-order valence-corrected chi connectivity index (χ3v) is 13.4. The number of carbonyl (C=O) groups excluding carboxylic acids is 5. The zero-order chi connectivity index (χ0) is 42.1. The number of rotatable bonds is 11. The van der Waals surface area contributed by atoms with Crippen molar-refractivity contribution in [1.82, 2.24) is 30.2 Å². The summed E-state index contributed by atoms with van der Waals surface area (Å²) in [5.74, 6) is 1.63. The third-order valence-electron chi connectivity index (χ3n) is 13.4. The van der Waals surface area contributed by atoms with Crippen molar-refractivity contribution in [3.63, 3.8) is 0 Å². The van der Waals surface area contributed by atoms with E-state index in [0.717, 1.165) is 75.9 Å². The molecule has 61 heavy (non-hydrogen) atoms. The van der Waals surface area contributed by atoms with Crippen LogP contribution in [0.25, 0.3) is 11.3 Å². The molecule has 1 saturated carbocycles. The Morgan fingerprint density at radius 1 is 0.869 bits per heavy atom. The van der Waals surface area contributed by atoms with E-state index in [2.05, 4.69) is 20.9 Å². The highest BCUT2D eigenvalue weighted by Crippen LogP contribution is 2.44. The van der Waals surface area contributed by atoms with E-state index < -0.39 is 11.9 Å². The van der Waals surface area contributed by atoms with Gasteiger partial charge in [-0.15, -0.1) is 0 Å². The van der Waals surface area contributed by atoms with Crippen LogP contribution in [0.3, 0.4) is 0 Å². The highest BCUT2D eigenvalue weighted by Gasteiger charge is 2.45. The van der Waals surface area contributed by atoms with Crippen LogP contribution in [0.15, 0.2) is 78.9 Å². The number of hydrogen-bond donors (Lipinski definition) is 4. The lowest BCUT2D eigenvalue weighted by molar-refractivity contribution is -0.134. The molecule has 15 nitrogen and oxygen atoms in total. The number of anilines is 2. The lowest BCUT2D eigenvalue weighted by Gasteiger charge is -2.53. The number of nitrogens with one attached hydrogen (secondary N) is 3. The molecule has 1 spiro atoms. The van der Waals surface area contributed by atoms with E-state index >= 15 is 0 Å². The number of fused-ring (bicyclic) bond motifs is 1. The molecule has 9 rings (SSSR count). The molecule has 3 saturated heterocycles. The first-order valence-electron chi connectivity index (χ1n) is 21.6. The monoisotopic (exact) mass is 827 g/mol. The van der Waals surface area contributed by atoms with Gasteiger partial charge in [-0.3, -0.25) is 29.4 Å². The fraction of sp³-hybridized carbons (Fsp3) is 0.435. The highest BCUT2D eigenvalue weighted by molar-refractivity contribution is 6.06. The van der Waals surface area contributed by atoms with E-state index in [-0.39, 0.29) is 48.2 Å². The number of carbonyl (C=O) groups is 5. The topological polar surface area (TPSA) is 184 Å². The van der Waals surface area contributed by atoms with E-state index in [1.165, 1.54) is 4.90 Å². The maximum absolute atomic E-state index is 13.4. The van der Waals surface area contributed by atoms with Crippen LogP contribution < -0.4 is 31.3 Å². The molecule has 4 aliphatic heterocycles. The quantitative estimate of drug-likeness (QED) is 0.151. The van der Waals surface area contributed by atoms with Crippen molar-refractivity contribution >= 4 is 41.2 Å². The second-order valence-corrected chi connectivity index (χ2v) is 17.3. The van der Waals surface area contributed by atoms with Gasteiger partial charge in [-0.25, -0.2) is 9.48 Å². The van der Waals surface area contributed by atoms with Gasteiger partial charge < -0.3 is 30.9 Å². The van der Waals surface area contributed by atoms with Crippen molar-refractivity contribution in [1.29, 1.82) is 0 Å². The predicted molar refractivity (Wildman–Crippen MR) is 229 cm³/mol. The number of urea groups is 1. The molecule has 1 atom stereocenters. The van der Waals surface area contributed by atoms with Crippen LogP contribution in [0.4, 0.5) is 16.3 Å². The largest absolute Gasteiger partial charge is 0.457 e. The molecule has 5 heterocycles. The Morgan fingerprint density at radius 3 is 2.33 bits per heavy atom. The number of piperidine rings is 1. The number of aromatic nitrogens is 2. The maximum atomic E-state index is 13.4.